The molecule has 0 aromatic heterocycles. The smallest absolute Gasteiger partial charge is 0.303 e. The van der Waals surface area contributed by atoms with Gasteiger partial charge in [-0.1, -0.05) is 30.3 Å². The van der Waals surface area contributed by atoms with E-state index >= 15 is 0 Å². The van der Waals surface area contributed by atoms with Gasteiger partial charge in [0.15, 0.2) is 0 Å². The number of aliphatic carboxylic acids is 1. The van der Waals surface area contributed by atoms with Crippen molar-refractivity contribution in [2.24, 2.45) is 0 Å². The number of carboxylic acid groups (broad SMARTS) is 1. The Hall–Kier alpha value is -1.88. The van der Waals surface area contributed by atoms with Crippen LogP contribution in [0.3, 0.4) is 0 Å². The van der Waals surface area contributed by atoms with Crippen LogP contribution in [0.4, 0.5) is 0 Å². The number of rotatable bonds is 11. The van der Waals surface area contributed by atoms with Crippen molar-refractivity contribution >= 4 is 11.9 Å². The molecule has 0 spiro atoms. The van der Waals surface area contributed by atoms with Crippen LogP contribution in [-0.2, 0) is 20.9 Å². The van der Waals surface area contributed by atoms with Gasteiger partial charge in [0, 0.05) is 26.0 Å². The van der Waals surface area contributed by atoms with Gasteiger partial charge in [-0.15, -0.1) is 0 Å². The number of ether oxygens (including phenoxy) is 1. The summed E-state index contributed by atoms with van der Waals surface area (Å²) >= 11 is 0. The molecule has 0 bridgehead atoms. The Kier molecular flexibility index (Phi) is 8.88. The molecular formula is C16H23NO4. The maximum absolute atomic E-state index is 11.4. The third-order valence-electron chi connectivity index (χ3n) is 2.94. The minimum absolute atomic E-state index is 0.0246. The summed E-state index contributed by atoms with van der Waals surface area (Å²) in [5, 5.41) is 11.3. The molecule has 1 amide bonds. The maximum Gasteiger partial charge on any atom is 0.303 e. The molecule has 116 valence electrons. The van der Waals surface area contributed by atoms with Crippen LogP contribution in [0.15, 0.2) is 30.3 Å². The first-order chi connectivity index (χ1) is 10.2. The van der Waals surface area contributed by atoms with Crippen LogP contribution in [0.2, 0.25) is 0 Å². The number of unbranched alkanes of at least 4 members (excludes halogenated alkanes) is 1. The Labute approximate surface area is 125 Å². The van der Waals surface area contributed by atoms with Gasteiger partial charge < -0.3 is 15.2 Å². The third kappa shape index (κ3) is 9.62. The van der Waals surface area contributed by atoms with E-state index in [2.05, 4.69) is 5.32 Å². The van der Waals surface area contributed by atoms with E-state index in [1.165, 1.54) is 0 Å². The molecule has 5 nitrogen and oxygen atoms in total. The van der Waals surface area contributed by atoms with Crippen LogP contribution in [0.5, 0.6) is 0 Å². The molecule has 0 unspecified atom stereocenters. The summed E-state index contributed by atoms with van der Waals surface area (Å²) in [4.78, 5) is 21.7. The monoisotopic (exact) mass is 293 g/mol. The summed E-state index contributed by atoms with van der Waals surface area (Å²) in [6.45, 7) is 1.78. The van der Waals surface area contributed by atoms with E-state index in [9.17, 15) is 9.59 Å². The minimum Gasteiger partial charge on any atom is -0.481 e. The summed E-state index contributed by atoms with van der Waals surface area (Å²) < 4.78 is 5.51. The molecule has 0 aliphatic heterocycles. The molecule has 21 heavy (non-hydrogen) atoms. The molecule has 0 heterocycles. The molecule has 0 radical (unpaired) electrons. The molecule has 1 rings (SSSR count). The molecule has 0 saturated heterocycles. The fourth-order valence-corrected chi connectivity index (χ4v) is 1.82. The van der Waals surface area contributed by atoms with Crippen molar-refractivity contribution in [2.75, 3.05) is 13.2 Å². The van der Waals surface area contributed by atoms with E-state index in [0.29, 0.717) is 39.0 Å². The Morgan fingerprint density at radius 2 is 1.76 bits per heavy atom. The highest BCUT2D eigenvalue weighted by atomic mass is 16.5. The fraction of sp³-hybridized carbons (Fsp3) is 0.500. The Morgan fingerprint density at radius 1 is 1.05 bits per heavy atom. The lowest BCUT2D eigenvalue weighted by molar-refractivity contribution is -0.137. The molecule has 0 atom stereocenters. The second kappa shape index (κ2) is 10.9. The second-order valence-corrected chi connectivity index (χ2v) is 4.84. The zero-order valence-corrected chi connectivity index (χ0v) is 12.2. The van der Waals surface area contributed by atoms with Crippen molar-refractivity contribution in [3.8, 4) is 0 Å². The number of amides is 1. The van der Waals surface area contributed by atoms with Crippen molar-refractivity contribution in [1.82, 2.24) is 5.32 Å². The molecule has 2 N–H and O–H groups in total. The van der Waals surface area contributed by atoms with Gasteiger partial charge >= 0.3 is 5.97 Å². The van der Waals surface area contributed by atoms with E-state index < -0.39 is 5.97 Å². The summed E-state index contributed by atoms with van der Waals surface area (Å²) in [6, 6.07) is 9.94. The van der Waals surface area contributed by atoms with Crippen molar-refractivity contribution in [3.63, 3.8) is 0 Å². The van der Waals surface area contributed by atoms with Crippen molar-refractivity contribution in [1.29, 1.82) is 0 Å². The third-order valence-corrected chi connectivity index (χ3v) is 2.94. The predicted octanol–water partition coefficient (Wildman–Crippen LogP) is 2.35. The second-order valence-electron chi connectivity index (χ2n) is 4.84. The number of carbonyl (C=O) groups is 2. The summed E-state index contributed by atoms with van der Waals surface area (Å²) in [7, 11) is 0. The van der Waals surface area contributed by atoms with E-state index in [1.807, 2.05) is 30.3 Å². The van der Waals surface area contributed by atoms with E-state index in [0.717, 1.165) is 12.0 Å². The first-order valence-corrected chi connectivity index (χ1v) is 7.28. The molecule has 1 aromatic rings. The van der Waals surface area contributed by atoms with Crippen LogP contribution in [-0.4, -0.2) is 30.1 Å². The number of hydrogen-bond acceptors (Lipinski definition) is 3. The van der Waals surface area contributed by atoms with Gasteiger partial charge in [-0.3, -0.25) is 9.59 Å². The van der Waals surface area contributed by atoms with Crippen LogP contribution >= 0.6 is 0 Å². The van der Waals surface area contributed by atoms with Gasteiger partial charge in [-0.25, -0.2) is 0 Å². The number of carbonyl (C=O) groups excluding carboxylic acids is 1. The largest absolute Gasteiger partial charge is 0.481 e. The first kappa shape index (κ1) is 17.2. The summed E-state index contributed by atoms with van der Waals surface area (Å²) in [5.74, 6) is -0.838. The fourth-order valence-electron chi connectivity index (χ4n) is 1.82. The van der Waals surface area contributed by atoms with Crippen LogP contribution in [0.25, 0.3) is 0 Å². The lowest BCUT2D eigenvalue weighted by Crippen LogP contribution is -2.24. The van der Waals surface area contributed by atoms with Crippen molar-refractivity contribution in [2.45, 2.75) is 38.7 Å². The average molecular weight is 293 g/mol. The number of benzene rings is 1. The van der Waals surface area contributed by atoms with Crippen LogP contribution in [0, 0.1) is 0 Å². The van der Waals surface area contributed by atoms with Gasteiger partial charge in [-0.05, 0) is 24.8 Å². The topological polar surface area (TPSA) is 75.6 Å². The zero-order valence-electron chi connectivity index (χ0n) is 12.2. The average Bonchev–Trinajstić information content (AvgIpc) is 2.48. The summed E-state index contributed by atoms with van der Waals surface area (Å²) in [6.07, 6.45) is 2.44. The molecular weight excluding hydrogens is 270 g/mol. The van der Waals surface area contributed by atoms with Gasteiger partial charge in [0.1, 0.15) is 0 Å². The number of carboxylic acids is 1. The molecule has 0 aliphatic carbocycles. The van der Waals surface area contributed by atoms with Crippen LogP contribution < -0.4 is 5.32 Å². The molecule has 0 aliphatic rings. The summed E-state index contributed by atoms with van der Waals surface area (Å²) in [5.41, 5.74) is 1.14. The lowest BCUT2D eigenvalue weighted by Gasteiger charge is -2.06. The quantitative estimate of drug-likeness (QED) is 0.614. The van der Waals surface area contributed by atoms with Crippen molar-refractivity contribution in [3.05, 3.63) is 35.9 Å². The van der Waals surface area contributed by atoms with Crippen molar-refractivity contribution < 1.29 is 19.4 Å². The highest BCUT2D eigenvalue weighted by molar-refractivity contribution is 5.75. The predicted molar refractivity (Wildman–Crippen MR) is 79.8 cm³/mol. The minimum atomic E-state index is -0.814. The van der Waals surface area contributed by atoms with Gasteiger partial charge in [0.05, 0.1) is 6.61 Å². The maximum atomic E-state index is 11.4. The lowest BCUT2D eigenvalue weighted by atomic mass is 10.2. The van der Waals surface area contributed by atoms with Gasteiger partial charge in [-0.2, -0.15) is 0 Å². The SMILES string of the molecule is O=C(O)CCCCC(=O)NCCCOCc1ccccc1. The van der Waals surface area contributed by atoms with E-state index in [-0.39, 0.29) is 12.3 Å². The standard InChI is InChI=1S/C16H23NO4/c18-15(9-4-5-10-16(19)20)17-11-6-12-21-13-14-7-2-1-3-8-14/h1-3,7-8H,4-6,9-13H2,(H,17,18)(H,19,20). The zero-order chi connectivity index (χ0) is 15.3. The van der Waals surface area contributed by atoms with Gasteiger partial charge in [0.25, 0.3) is 0 Å². The van der Waals surface area contributed by atoms with E-state index in [4.69, 9.17) is 9.84 Å². The number of hydrogen-bond donors (Lipinski definition) is 2. The van der Waals surface area contributed by atoms with Gasteiger partial charge in [0.2, 0.25) is 5.91 Å². The molecule has 0 saturated carbocycles. The van der Waals surface area contributed by atoms with Crippen LogP contribution in [0.1, 0.15) is 37.7 Å². The highest BCUT2D eigenvalue weighted by Gasteiger charge is 2.02. The highest BCUT2D eigenvalue weighted by Crippen LogP contribution is 2.01. The molecule has 5 heteroatoms. The Morgan fingerprint density at radius 3 is 2.48 bits per heavy atom. The molecule has 1 aromatic carbocycles. The Bertz CT molecular complexity index is 420. The Balaban J connectivity index is 1.91. The van der Waals surface area contributed by atoms with E-state index in [1.54, 1.807) is 0 Å². The number of nitrogens with one attached hydrogen (secondary N) is 1. The normalized spacial score (nSPS) is 10.3. The first-order valence-electron chi connectivity index (χ1n) is 7.28. The molecule has 0 fully saturated rings.